The van der Waals surface area contributed by atoms with E-state index in [2.05, 4.69) is 97.1 Å². The number of ether oxygens (including phenoxy) is 4. The minimum Gasteiger partial charge on any atom is -0.481 e. The molecule has 4 atom stereocenters. The molecule has 1 amide bonds. The third-order valence-corrected chi connectivity index (χ3v) is 26.4. The molecule has 2 aliphatic rings. The third-order valence-electron chi connectivity index (χ3n) is 26.4. The zero-order chi connectivity index (χ0) is 102. The molecule has 2 aliphatic heterocycles. The lowest BCUT2D eigenvalue weighted by Gasteiger charge is -2.28. The Kier molecular flexibility index (Phi) is 51.3. The highest BCUT2D eigenvalue weighted by Crippen LogP contribution is 2.40. The fraction of sp³-hybridized carbons (Fsp3) is 0.426. The summed E-state index contributed by atoms with van der Waals surface area (Å²) < 4.78 is 24.2. The van der Waals surface area contributed by atoms with Gasteiger partial charge in [0.1, 0.15) is 23.1 Å². The smallest absolute Gasteiger partial charge is 0.306 e. The zero-order valence-corrected chi connectivity index (χ0v) is 84.4. The zero-order valence-electron chi connectivity index (χ0n) is 84.4. The summed E-state index contributed by atoms with van der Waals surface area (Å²) in [7, 11) is 0. The molecule has 0 aliphatic carbocycles. The number of aliphatic hydroxyl groups excluding tert-OH is 2. The van der Waals surface area contributed by atoms with E-state index in [0.29, 0.717) is 71.4 Å². The Balaban J connectivity index is 0.000000206. The number of unbranched alkanes of at least 4 members (excludes halogenated alkanes) is 14. The number of ketones is 8. The lowest BCUT2D eigenvalue weighted by atomic mass is 9.94. The highest BCUT2D eigenvalue weighted by atomic mass is 16.7. The first kappa shape index (κ1) is 114. The van der Waals surface area contributed by atoms with Gasteiger partial charge in [-0.2, -0.15) is 0 Å². The number of carbonyl (C=O) groups is 10. The number of fused-ring (bicyclic) bond motifs is 6. The molecule has 14 rings (SSSR count). The summed E-state index contributed by atoms with van der Waals surface area (Å²) in [4.78, 5) is 115. The van der Waals surface area contributed by atoms with Gasteiger partial charge in [0.15, 0.2) is 34.7 Å². The molecule has 752 valence electrons. The Bertz CT molecular complexity index is 5800. The van der Waals surface area contributed by atoms with Crippen LogP contribution in [0.3, 0.4) is 0 Å². The van der Waals surface area contributed by atoms with Gasteiger partial charge >= 0.3 is 5.97 Å². The number of carboxylic acid groups (broad SMARTS) is 1. The normalized spacial score (nSPS) is 13.6. The van der Waals surface area contributed by atoms with E-state index < -0.39 is 17.5 Å². The first-order valence-electron chi connectivity index (χ1n) is 51.2. The average Bonchev–Trinajstić information content (AvgIpc) is 1.69. The first-order valence-corrected chi connectivity index (χ1v) is 51.2. The van der Waals surface area contributed by atoms with Crippen LogP contribution in [0.15, 0.2) is 255 Å². The number of rotatable bonds is 49. The predicted octanol–water partition coefficient (Wildman–Crippen LogP) is 28.1. The fourth-order valence-corrected chi connectivity index (χ4v) is 17.3. The molecule has 0 aromatic heterocycles. The van der Waals surface area contributed by atoms with E-state index in [9.17, 15) is 47.9 Å². The number of aliphatic carboxylic acids is 1. The molecule has 2 fully saturated rings. The van der Waals surface area contributed by atoms with Crippen LogP contribution in [-0.4, -0.2) is 118 Å². The number of benzene rings is 12. The molecular weight excluding hydrogens is 1770 g/mol. The van der Waals surface area contributed by atoms with Gasteiger partial charge in [-0.1, -0.05) is 323 Å². The maximum absolute atomic E-state index is 12.2. The summed E-state index contributed by atoms with van der Waals surface area (Å²) in [6.07, 6.45) is 28.1. The molecule has 2 heterocycles. The summed E-state index contributed by atoms with van der Waals surface area (Å²) >= 11 is 0. The summed E-state index contributed by atoms with van der Waals surface area (Å²) in [6.45, 7) is 16.5. The number of amides is 1. The average molecular weight is 1920 g/mol. The molecule has 2 saturated heterocycles. The van der Waals surface area contributed by atoms with E-state index in [1.165, 1.54) is 26.9 Å². The van der Waals surface area contributed by atoms with Gasteiger partial charge < -0.3 is 43.9 Å². The molecule has 0 bridgehead atoms. The van der Waals surface area contributed by atoms with Crippen molar-refractivity contribution in [2.75, 3.05) is 39.6 Å². The lowest BCUT2D eigenvalue weighted by Crippen LogP contribution is -2.27. The minimum absolute atomic E-state index is 0.125. The van der Waals surface area contributed by atoms with Gasteiger partial charge in [-0.25, -0.2) is 5.48 Å². The molecule has 12 aromatic rings. The largest absolute Gasteiger partial charge is 0.481 e. The van der Waals surface area contributed by atoms with Crippen LogP contribution in [0.5, 0.6) is 0 Å². The van der Waals surface area contributed by atoms with E-state index >= 15 is 0 Å². The van der Waals surface area contributed by atoms with Crippen molar-refractivity contribution in [3.8, 4) is 0 Å². The monoisotopic (exact) mass is 1920 g/mol. The molecule has 0 spiro atoms. The second kappa shape index (κ2) is 63.2. The highest BCUT2D eigenvalue weighted by molar-refractivity contribution is 6.03. The van der Waals surface area contributed by atoms with Crippen molar-refractivity contribution in [2.24, 2.45) is 23.7 Å². The Hall–Kier alpha value is -11.8. The number of nitrogens with one attached hydrogen (secondary N) is 1. The van der Waals surface area contributed by atoms with Crippen molar-refractivity contribution < 1.29 is 87.4 Å². The van der Waals surface area contributed by atoms with E-state index in [4.69, 9.17) is 39.5 Å². The van der Waals surface area contributed by atoms with Gasteiger partial charge in [0.2, 0.25) is 5.91 Å². The van der Waals surface area contributed by atoms with Gasteiger partial charge in [0.05, 0.1) is 45.6 Å². The standard InChI is InChI=1S/C22H28O3.C21H26O3.C20H24O2.C19H23NO3.C19H22O3.C19H22O2.C2H6O2/c1-17(18(2)23)8-4-3-7-13-22(24-14-15-25-22)21-12-11-19-9-5-6-10-20(19)16-21;1-17(22)8-4-2-3-7-13-21(23-14-15-24-21)20-12-11-18-9-5-6-10-19(18)16-20;1-15(16(2)21)8-4-3-5-11-20(22)19-13-12-17-9-6-7-10-18(17)14-19;1-14(19(22)20-23)7-3-2-4-10-18(21)17-12-11-15-8-5-6-9-16(15)13-17;1-14(19(21)22)7-3-2-4-10-18(20)17-12-11-15-8-5-6-9-16(15)13-17;1-15(20)8-4-2-3-5-11-19(21)18-13-12-16-9-6-7-10-17(16)14-18;3-1-2-4/h5-6,9-12,16-17H,3-4,7-8,13-15H2,1-2H3;5-6,9-12,16H,2-4,7-8,13-15H2,1H3;6-7,9-10,12-15H,3-5,8,11H2,1-2H3;5-6,8-9,11-14,23H,2-4,7,10H2,1H3,(H,20,22);5-6,8-9,11-14H,2-4,7,10H2,1H3,(H,21,22);6-7,9-10,12-14H,2-5,8,11H2,1H3;3-4H,1-2H2. The quantitative estimate of drug-likeness (QED) is 0.0102. The maximum atomic E-state index is 12.2. The molecule has 19 nitrogen and oxygen atoms in total. The van der Waals surface area contributed by atoms with Crippen molar-refractivity contribution in [1.82, 2.24) is 5.48 Å². The Labute approximate surface area is 834 Å². The van der Waals surface area contributed by atoms with E-state index in [1.54, 1.807) is 47.0 Å². The first-order chi connectivity index (χ1) is 68.1. The molecule has 141 heavy (non-hydrogen) atoms. The Morgan fingerprint density at radius 3 is 0.759 bits per heavy atom. The predicted molar refractivity (Wildman–Crippen MR) is 567 cm³/mol. The number of hydrogen-bond acceptors (Lipinski definition) is 17. The molecular formula is C122H151NO18. The topological polar surface area (TPSA) is 301 Å². The second-order valence-corrected chi connectivity index (χ2v) is 37.7. The van der Waals surface area contributed by atoms with Crippen molar-refractivity contribution in [3.63, 3.8) is 0 Å². The van der Waals surface area contributed by atoms with Gasteiger partial charge in [-0.15, -0.1) is 0 Å². The summed E-state index contributed by atoms with van der Waals surface area (Å²) in [6, 6.07) is 85.3. The Morgan fingerprint density at radius 1 is 0.277 bits per heavy atom. The van der Waals surface area contributed by atoms with Crippen LogP contribution in [0.4, 0.5) is 0 Å². The van der Waals surface area contributed by atoms with Gasteiger partial charge in [-0.3, -0.25) is 43.6 Å². The third kappa shape index (κ3) is 40.3. The number of aliphatic hydroxyl groups is 2. The summed E-state index contributed by atoms with van der Waals surface area (Å²) in [5.41, 5.74) is 7.02. The van der Waals surface area contributed by atoms with Crippen LogP contribution >= 0.6 is 0 Å². The SMILES string of the molecule is CC(=O)C(C)CCCCCC(=O)c1ccc2ccccc2c1.CC(=O)C(C)CCCCCC1(c2ccc3ccccc3c2)OCCO1.CC(=O)CCCCCCC(=O)c1ccc2ccccc2c1.CC(=O)CCCCCCC1(c2ccc3ccccc3c2)OCCO1.CC(CCCCCC(=O)c1ccc2ccccc2c1)C(=O)NO.CC(CCCCCC(=O)c1ccc2ccccc2c1)C(=O)O.OCCO. The van der Waals surface area contributed by atoms with Gasteiger partial charge in [-0.05, 0) is 206 Å². The van der Waals surface area contributed by atoms with Crippen LogP contribution in [-0.2, 0) is 59.3 Å². The molecule has 0 radical (unpaired) electrons. The van der Waals surface area contributed by atoms with Crippen molar-refractivity contribution in [3.05, 3.63) is 288 Å². The molecule has 0 saturated carbocycles. The number of carbonyl (C=O) groups excluding carboxylic acids is 9. The Morgan fingerprint density at radius 2 is 0.504 bits per heavy atom. The van der Waals surface area contributed by atoms with E-state index in [-0.39, 0.29) is 89.1 Å². The number of hydroxylamine groups is 1. The number of hydrogen-bond donors (Lipinski definition) is 5. The lowest BCUT2D eigenvalue weighted by molar-refractivity contribution is -0.172. The number of carboxylic acids is 1. The van der Waals surface area contributed by atoms with Crippen LogP contribution < -0.4 is 5.48 Å². The summed E-state index contributed by atoms with van der Waals surface area (Å²) in [5.74, 6) is -0.622. The fourth-order valence-electron chi connectivity index (χ4n) is 17.3. The van der Waals surface area contributed by atoms with Crippen molar-refractivity contribution >= 4 is 123 Å². The molecule has 12 aromatic carbocycles. The van der Waals surface area contributed by atoms with Crippen LogP contribution in [0, 0.1) is 23.7 Å². The second-order valence-electron chi connectivity index (χ2n) is 37.7. The van der Waals surface area contributed by atoms with E-state index in [1.807, 2.05) is 172 Å². The molecule has 4 unspecified atom stereocenters. The van der Waals surface area contributed by atoms with Gasteiger partial charge in [0, 0.05) is 103 Å². The number of Topliss-reactive ketones (excluding diaryl/α,β-unsaturated/α-hetero) is 8. The van der Waals surface area contributed by atoms with Crippen LogP contribution in [0.25, 0.3) is 64.6 Å². The highest BCUT2D eigenvalue weighted by Gasteiger charge is 2.39. The maximum Gasteiger partial charge on any atom is 0.306 e. The van der Waals surface area contributed by atoms with Gasteiger partial charge in [0.25, 0.3) is 0 Å². The van der Waals surface area contributed by atoms with Crippen molar-refractivity contribution in [1.29, 1.82) is 0 Å². The van der Waals surface area contributed by atoms with E-state index in [0.717, 1.165) is 232 Å². The van der Waals surface area contributed by atoms with Crippen molar-refractivity contribution in [2.45, 2.75) is 272 Å². The molecule has 19 heteroatoms. The van der Waals surface area contributed by atoms with Crippen LogP contribution in [0.1, 0.15) is 313 Å². The minimum atomic E-state index is -0.743. The molecule has 5 N–H and O–H groups in total. The summed E-state index contributed by atoms with van der Waals surface area (Å²) in [5, 5.41) is 46.5. The van der Waals surface area contributed by atoms with Crippen LogP contribution in [0.2, 0.25) is 0 Å².